The maximum atomic E-state index is 12.9. The molecule has 4 heteroatoms. The molecule has 1 fully saturated rings. The zero-order chi connectivity index (χ0) is 11.5. The fourth-order valence-electron chi connectivity index (χ4n) is 1.84. The molecule has 1 aliphatic rings. The molecule has 0 atom stereocenters. The van der Waals surface area contributed by atoms with E-state index in [2.05, 4.69) is 21.2 Å². The van der Waals surface area contributed by atoms with Crippen LogP contribution in [0.3, 0.4) is 0 Å². The van der Waals surface area contributed by atoms with Gasteiger partial charge in [0.1, 0.15) is 5.82 Å². The van der Waals surface area contributed by atoms with Gasteiger partial charge >= 0.3 is 0 Å². The van der Waals surface area contributed by atoms with Crippen LogP contribution in [0.25, 0.3) is 0 Å². The van der Waals surface area contributed by atoms with Crippen molar-refractivity contribution in [3.8, 4) is 0 Å². The second-order valence-electron chi connectivity index (χ2n) is 4.14. The molecule has 1 N–H and O–H groups in total. The highest BCUT2D eigenvalue weighted by Crippen LogP contribution is 2.24. The zero-order valence-corrected chi connectivity index (χ0v) is 10.8. The lowest BCUT2D eigenvalue weighted by Gasteiger charge is -2.34. The Kier molecular flexibility index (Phi) is 3.95. The van der Waals surface area contributed by atoms with Crippen LogP contribution in [0, 0.1) is 5.82 Å². The molecule has 1 aliphatic carbocycles. The van der Waals surface area contributed by atoms with Gasteiger partial charge in [-0.3, -0.25) is 0 Å². The quantitative estimate of drug-likeness (QED) is 0.920. The summed E-state index contributed by atoms with van der Waals surface area (Å²) in [5.74, 6) is -0.210. The molecule has 2 rings (SSSR count). The SMILES string of the molecule is COC1CC(NCc2ccc(F)cc2Br)C1. The summed E-state index contributed by atoms with van der Waals surface area (Å²) >= 11 is 3.36. The molecule has 0 bridgehead atoms. The topological polar surface area (TPSA) is 21.3 Å². The Balaban J connectivity index is 1.82. The van der Waals surface area contributed by atoms with E-state index >= 15 is 0 Å². The van der Waals surface area contributed by atoms with Gasteiger partial charge in [-0.2, -0.15) is 0 Å². The fourth-order valence-corrected chi connectivity index (χ4v) is 2.34. The first-order valence-electron chi connectivity index (χ1n) is 5.39. The first kappa shape index (κ1) is 12.0. The Morgan fingerprint density at radius 2 is 2.25 bits per heavy atom. The number of nitrogens with one attached hydrogen (secondary N) is 1. The van der Waals surface area contributed by atoms with Crippen molar-refractivity contribution in [2.24, 2.45) is 0 Å². The molecule has 1 saturated carbocycles. The second-order valence-corrected chi connectivity index (χ2v) is 5.00. The number of benzene rings is 1. The van der Waals surface area contributed by atoms with Crippen molar-refractivity contribution in [1.29, 1.82) is 0 Å². The lowest BCUT2D eigenvalue weighted by Crippen LogP contribution is -2.44. The van der Waals surface area contributed by atoms with Crippen LogP contribution in [0.1, 0.15) is 18.4 Å². The molecule has 1 aromatic carbocycles. The normalized spacial score (nSPS) is 24.2. The molecule has 0 radical (unpaired) electrons. The maximum Gasteiger partial charge on any atom is 0.124 e. The Hall–Kier alpha value is -0.450. The molecular weight excluding hydrogens is 273 g/mol. The molecule has 88 valence electrons. The molecule has 0 aromatic heterocycles. The summed E-state index contributed by atoms with van der Waals surface area (Å²) in [6.45, 7) is 0.766. The van der Waals surface area contributed by atoms with Crippen LogP contribution >= 0.6 is 15.9 Å². The van der Waals surface area contributed by atoms with Gasteiger partial charge in [0.15, 0.2) is 0 Å². The van der Waals surface area contributed by atoms with Crippen molar-refractivity contribution in [1.82, 2.24) is 5.32 Å². The van der Waals surface area contributed by atoms with Crippen LogP contribution in [0.5, 0.6) is 0 Å². The molecule has 0 unspecified atom stereocenters. The summed E-state index contributed by atoms with van der Waals surface area (Å²) in [6.07, 6.45) is 2.54. The molecule has 0 saturated heterocycles. The number of rotatable bonds is 4. The first-order chi connectivity index (χ1) is 7.69. The number of methoxy groups -OCH3 is 1. The highest BCUT2D eigenvalue weighted by atomic mass is 79.9. The highest BCUT2D eigenvalue weighted by molar-refractivity contribution is 9.10. The average molecular weight is 288 g/mol. The maximum absolute atomic E-state index is 12.9. The molecule has 0 aliphatic heterocycles. The van der Waals surface area contributed by atoms with Gasteiger partial charge in [0, 0.05) is 24.2 Å². The van der Waals surface area contributed by atoms with Gasteiger partial charge in [-0.05, 0) is 30.5 Å². The van der Waals surface area contributed by atoms with Gasteiger partial charge < -0.3 is 10.1 Å². The van der Waals surface area contributed by atoms with Crippen molar-refractivity contribution >= 4 is 15.9 Å². The van der Waals surface area contributed by atoms with Crippen LogP contribution in [0.2, 0.25) is 0 Å². The molecule has 0 heterocycles. The van der Waals surface area contributed by atoms with Crippen LogP contribution in [0.4, 0.5) is 4.39 Å². The van der Waals surface area contributed by atoms with E-state index in [1.807, 2.05) is 0 Å². The minimum atomic E-state index is -0.210. The monoisotopic (exact) mass is 287 g/mol. The van der Waals surface area contributed by atoms with Crippen LogP contribution in [-0.4, -0.2) is 19.3 Å². The first-order valence-corrected chi connectivity index (χ1v) is 6.18. The lowest BCUT2D eigenvalue weighted by atomic mass is 9.89. The Morgan fingerprint density at radius 3 is 2.88 bits per heavy atom. The van der Waals surface area contributed by atoms with E-state index in [1.54, 1.807) is 13.2 Å². The van der Waals surface area contributed by atoms with E-state index in [-0.39, 0.29) is 5.82 Å². The molecule has 0 spiro atoms. The number of ether oxygens (including phenoxy) is 1. The summed E-state index contributed by atoms with van der Waals surface area (Å²) in [4.78, 5) is 0. The summed E-state index contributed by atoms with van der Waals surface area (Å²) in [5, 5.41) is 3.43. The molecular formula is C12H15BrFNO. The third-order valence-electron chi connectivity index (χ3n) is 3.02. The molecule has 1 aromatic rings. The van der Waals surface area contributed by atoms with E-state index in [1.165, 1.54) is 12.1 Å². The van der Waals surface area contributed by atoms with E-state index in [0.717, 1.165) is 29.4 Å². The minimum absolute atomic E-state index is 0.210. The second kappa shape index (κ2) is 5.25. The Morgan fingerprint density at radius 1 is 1.50 bits per heavy atom. The van der Waals surface area contributed by atoms with E-state index in [4.69, 9.17) is 4.74 Å². The standard InChI is InChI=1S/C12H15BrFNO/c1-16-11-5-10(6-11)15-7-8-2-3-9(14)4-12(8)13/h2-4,10-11,15H,5-7H2,1H3. The van der Waals surface area contributed by atoms with Gasteiger partial charge in [0.2, 0.25) is 0 Å². The average Bonchev–Trinajstić information content (AvgIpc) is 2.18. The van der Waals surface area contributed by atoms with E-state index in [9.17, 15) is 4.39 Å². The van der Waals surface area contributed by atoms with Crippen molar-refractivity contribution in [3.63, 3.8) is 0 Å². The molecule has 2 nitrogen and oxygen atoms in total. The molecule has 0 amide bonds. The Labute approximate surface area is 103 Å². The van der Waals surface area contributed by atoms with E-state index in [0.29, 0.717) is 12.1 Å². The summed E-state index contributed by atoms with van der Waals surface area (Å²) in [5.41, 5.74) is 1.09. The fraction of sp³-hybridized carbons (Fsp3) is 0.500. The van der Waals surface area contributed by atoms with Crippen molar-refractivity contribution in [2.75, 3.05) is 7.11 Å². The third-order valence-corrected chi connectivity index (χ3v) is 3.76. The summed E-state index contributed by atoms with van der Waals surface area (Å²) in [6, 6.07) is 5.32. The molecule has 16 heavy (non-hydrogen) atoms. The lowest BCUT2D eigenvalue weighted by molar-refractivity contribution is 0.0170. The number of hydrogen-bond acceptors (Lipinski definition) is 2. The third kappa shape index (κ3) is 2.81. The Bertz CT molecular complexity index is 366. The van der Waals surface area contributed by atoms with Gasteiger partial charge in [-0.15, -0.1) is 0 Å². The minimum Gasteiger partial charge on any atom is -0.381 e. The van der Waals surface area contributed by atoms with Gasteiger partial charge in [-0.25, -0.2) is 4.39 Å². The van der Waals surface area contributed by atoms with Crippen molar-refractivity contribution in [3.05, 3.63) is 34.1 Å². The number of halogens is 2. The number of hydrogen-bond donors (Lipinski definition) is 1. The van der Waals surface area contributed by atoms with Crippen LogP contribution in [0.15, 0.2) is 22.7 Å². The van der Waals surface area contributed by atoms with Crippen molar-refractivity contribution < 1.29 is 9.13 Å². The van der Waals surface area contributed by atoms with Crippen LogP contribution < -0.4 is 5.32 Å². The smallest absolute Gasteiger partial charge is 0.124 e. The predicted octanol–water partition coefficient (Wildman–Crippen LogP) is 2.86. The van der Waals surface area contributed by atoms with E-state index < -0.39 is 0 Å². The zero-order valence-electron chi connectivity index (χ0n) is 9.17. The largest absolute Gasteiger partial charge is 0.381 e. The summed E-state index contributed by atoms with van der Waals surface area (Å²) < 4.78 is 18.9. The van der Waals surface area contributed by atoms with Crippen LogP contribution in [-0.2, 0) is 11.3 Å². The summed E-state index contributed by atoms with van der Waals surface area (Å²) in [7, 11) is 1.75. The van der Waals surface area contributed by atoms with Gasteiger partial charge in [0.05, 0.1) is 6.10 Å². The van der Waals surface area contributed by atoms with Gasteiger partial charge in [0.25, 0.3) is 0 Å². The van der Waals surface area contributed by atoms with Gasteiger partial charge in [-0.1, -0.05) is 22.0 Å². The van der Waals surface area contributed by atoms with Crippen molar-refractivity contribution in [2.45, 2.75) is 31.5 Å². The highest BCUT2D eigenvalue weighted by Gasteiger charge is 2.28. The predicted molar refractivity (Wildman–Crippen MR) is 64.8 cm³/mol.